The van der Waals surface area contributed by atoms with E-state index in [-0.39, 0.29) is 17.2 Å². The summed E-state index contributed by atoms with van der Waals surface area (Å²) in [5, 5.41) is 25.4. The van der Waals surface area contributed by atoms with Crippen LogP contribution in [-0.4, -0.2) is 31.9 Å². The Hall–Kier alpha value is -1.92. The van der Waals surface area contributed by atoms with E-state index in [0.29, 0.717) is 21.6 Å². The lowest BCUT2D eigenvalue weighted by Crippen LogP contribution is -2.24. The van der Waals surface area contributed by atoms with Crippen LogP contribution in [0.3, 0.4) is 0 Å². The maximum absolute atomic E-state index is 12.4. The van der Waals surface area contributed by atoms with Crippen molar-refractivity contribution in [3.05, 3.63) is 16.0 Å². The SMILES string of the molecule is CC1CCc2c(sc(NC(=O)CSc3nnnn3C(C)(C)C)c2C#N)C1. The monoisotopic (exact) mass is 390 g/mol. The van der Waals surface area contributed by atoms with Gasteiger partial charge in [0.25, 0.3) is 0 Å². The van der Waals surface area contributed by atoms with Crippen molar-refractivity contribution in [3.63, 3.8) is 0 Å². The normalized spacial score (nSPS) is 16.8. The maximum Gasteiger partial charge on any atom is 0.235 e. The van der Waals surface area contributed by atoms with Crippen LogP contribution in [0.4, 0.5) is 5.00 Å². The number of carbonyl (C=O) groups excluding carboxylic acids is 1. The van der Waals surface area contributed by atoms with E-state index in [0.717, 1.165) is 24.8 Å². The number of thiophene rings is 1. The van der Waals surface area contributed by atoms with Gasteiger partial charge in [-0.2, -0.15) is 5.26 Å². The Morgan fingerprint density at radius 3 is 2.96 bits per heavy atom. The Bertz CT molecular complexity index is 858. The number of thioether (sulfide) groups is 1. The first-order chi connectivity index (χ1) is 12.3. The highest BCUT2D eigenvalue weighted by Gasteiger charge is 2.25. The Labute approximate surface area is 161 Å². The number of nitrogens with zero attached hydrogens (tertiary/aromatic N) is 5. The lowest BCUT2D eigenvalue weighted by atomic mass is 9.89. The summed E-state index contributed by atoms with van der Waals surface area (Å²) in [5.74, 6) is 0.671. The van der Waals surface area contributed by atoms with E-state index in [1.54, 1.807) is 16.0 Å². The Kier molecular flexibility index (Phi) is 5.34. The second kappa shape index (κ2) is 7.37. The fraction of sp³-hybridized carbons (Fsp3) is 0.588. The number of hydrogen-bond acceptors (Lipinski definition) is 7. The van der Waals surface area contributed by atoms with Crippen LogP contribution in [0.25, 0.3) is 0 Å². The first-order valence-corrected chi connectivity index (χ1v) is 10.4. The van der Waals surface area contributed by atoms with Crippen LogP contribution in [0.15, 0.2) is 5.16 Å². The zero-order valence-electron chi connectivity index (χ0n) is 15.4. The lowest BCUT2D eigenvalue weighted by Gasteiger charge is -2.19. The van der Waals surface area contributed by atoms with Crippen molar-refractivity contribution in [3.8, 4) is 6.07 Å². The van der Waals surface area contributed by atoms with E-state index in [1.807, 2.05) is 20.8 Å². The van der Waals surface area contributed by atoms with E-state index in [9.17, 15) is 10.1 Å². The van der Waals surface area contributed by atoms with Crippen LogP contribution in [0.2, 0.25) is 0 Å². The minimum Gasteiger partial charge on any atom is -0.316 e. The van der Waals surface area contributed by atoms with Crippen LogP contribution in [0.1, 0.15) is 50.1 Å². The largest absolute Gasteiger partial charge is 0.316 e. The van der Waals surface area contributed by atoms with E-state index in [2.05, 4.69) is 33.8 Å². The molecule has 1 aliphatic carbocycles. The van der Waals surface area contributed by atoms with Gasteiger partial charge in [0.05, 0.1) is 16.9 Å². The third-order valence-electron chi connectivity index (χ3n) is 4.29. The maximum atomic E-state index is 12.4. The van der Waals surface area contributed by atoms with Crippen LogP contribution in [0.5, 0.6) is 0 Å². The Morgan fingerprint density at radius 1 is 1.50 bits per heavy atom. The number of anilines is 1. The summed E-state index contributed by atoms with van der Waals surface area (Å²) in [6.07, 6.45) is 3.00. The molecule has 1 N–H and O–H groups in total. The minimum absolute atomic E-state index is 0.151. The van der Waals surface area contributed by atoms with Gasteiger partial charge in [-0.05, 0) is 61.9 Å². The summed E-state index contributed by atoms with van der Waals surface area (Å²) < 4.78 is 1.71. The number of tetrazole rings is 1. The number of fused-ring (bicyclic) bond motifs is 1. The van der Waals surface area contributed by atoms with Crippen molar-refractivity contribution in [1.29, 1.82) is 5.26 Å². The molecule has 26 heavy (non-hydrogen) atoms. The molecular weight excluding hydrogens is 368 g/mol. The quantitative estimate of drug-likeness (QED) is 0.805. The summed E-state index contributed by atoms with van der Waals surface area (Å²) in [6, 6.07) is 2.28. The number of nitriles is 1. The lowest BCUT2D eigenvalue weighted by molar-refractivity contribution is -0.113. The zero-order valence-corrected chi connectivity index (χ0v) is 17.0. The van der Waals surface area contributed by atoms with Gasteiger partial charge in [0.15, 0.2) is 0 Å². The van der Waals surface area contributed by atoms with Gasteiger partial charge >= 0.3 is 0 Å². The molecule has 7 nitrogen and oxygen atoms in total. The van der Waals surface area contributed by atoms with Crippen molar-refractivity contribution in [1.82, 2.24) is 20.2 Å². The van der Waals surface area contributed by atoms with E-state index >= 15 is 0 Å². The van der Waals surface area contributed by atoms with Crippen LogP contribution in [-0.2, 0) is 23.2 Å². The molecular formula is C17H22N6OS2. The van der Waals surface area contributed by atoms with Crippen molar-refractivity contribution in [2.45, 2.75) is 57.7 Å². The summed E-state index contributed by atoms with van der Waals surface area (Å²) >= 11 is 2.83. The topological polar surface area (TPSA) is 96.5 Å². The number of hydrogen-bond donors (Lipinski definition) is 1. The molecule has 1 aliphatic rings. The van der Waals surface area contributed by atoms with Gasteiger partial charge in [-0.15, -0.1) is 16.4 Å². The number of carbonyl (C=O) groups is 1. The molecule has 0 bridgehead atoms. The molecule has 0 aromatic carbocycles. The summed E-state index contributed by atoms with van der Waals surface area (Å²) in [7, 11) is 0. The van der Waals surface area contributed by atoms with Crippen molar-refractivity contribution in [2.24, 2.45) is 5.92 Å². The molecule has 0 spiro atoms. The zero-order chi connectivity index (χ0) is 18.9. The van der Waals surface area contributed by atoms with Gasteiger partial charge in [-0.25, -0.2) is 4.68 Å². The van der Waals surface area contributed by atoms with Crippen LogP contribution < -0.4 is 5.32 Å². The second-order valence-electron chi connectivity index (χ2n) is 7.55. The van der Waals surface area contributed by atoms with E-state index < -0.39 is 0 Å². The average Bonchev–Trinajstić information content (AvgIpc) is 3.15. The molecule has 0 saturated carbocycles. The first-order valence-electron chi connectivity index (χ1n) is 8.55. The summed E-state index contributed by atoms with van der Waals surface area (Å²) in [4.78, 5) is 13.6. The molecule has 1 unspecified atom stereocenters. The van der Waals surface area contributed by atoms with E-state index in [4.69, 9.17) is 0 Å². The first kappa shape index (κ1) is 18.9. The van der Waals surface area contributed by atoms with Gasteiger partial charge < -0.3 is 5.32 Å². The number of aromatic nitrogens is 4. The van der Waals surface area contributed by atoms with Crippen molar-refractivity contribution < 1.29 is 4.79 Å². The second-order valence-corrected chi connectivity index (χ2v) is 9.60. The van der Waals surface area contributed by atoms with Gasteiger partial charge in [-0.3, -0.25) is 4.79 Å². The molecule has 2 aromatic heterocycles. The summed E-state index contributed by atoms with van der Waals surface area (Å²) in [6.45, 7) is 8.24. The molecule has 9 heteroatoms. The van der Waals surface area contributed by atoms with Crippen LogP contribution in [0, 0.1) is 17.2 Å². The Morgan fingerprint density at radius 2 is 2.27 bits per heavy atom. The molecule has 2 aromatic rings. The molecule has 1 amide bonds. The fourth-order valence-electron chi connectivity index (χ4n) is 2.94. The molecule has 2 heterocycles. The third kappa shape index (κ3) is 3.91. The third-order valence-corrected chi connectivity index (χ3v) is 6.37. The highest BCUT2D eigenvalue weighted by atomic mass is 32.2. The minimum atomic E-state index is -0.250. The summed E-state index contributed by atoms with van der Waals surface area (Å²) in [5.41, 5.74) is 1.50. The molecule has 138 valence electrons. The van der Waals surface area contributed by atoms with Gasteiger partial charge in [-0.1, -0.05) is 18.7 Å². The molecule has 0 fully saturated rings. The fourth-order valence-corrected chi connectivity index (χ4v) is 5.18. The van der Waals surface area contributed by atoms with Crippen molar-refractivity contribution >= 4 is 34.0 Å². The number of rotatable bonds is 4. The molecule has 0 aliphatic heterocycles. The van der Waals surface area contributed by atoms with Gasteiger partial charge in [0.1, 0.15) is 11.1 Å². The van der Waals surface area contributed by atoms with Gasteiger partial charge in [0, 0.05) is 4.88 Å². The molecule has 3 rings (SSSR count). The standard InChI is InChI=1S/C17H22N6OS2/c1-10-5-6-11-12(8-18)15(26-13(11)7-10)19-14(24)9-25-16-20-21-22-23(16)17(2,3)4/h10H,5-7,9H2,1-4H3,(H,19,24). The predicted molar refractivity (Wildman–Crippen MR) is 102 cm³/mol. The number of nitrogens with one attached hydrogen (secondary N) is 1. The highest BCUT2D eigenvalue weighted by molar-refractivity contribution is 7.99. The molecule has 1 atom stereocenters. The Balaban J connectivity index is 1.68. The average molecular weight is 391 g/mol. The molecule has 0 radical (unpaired) electrons. The number of amides is 1. The van der Waals surface area contributed by atoms with Gasteiger partial charge in [0.2, 0.25) is 11.1 Å². The van der Waals surface area contributed by atoms with E-state index in [1.165, 1.54) is 16.6 Å². The van der Waals surface area contributed by atoms with Crippen LogP contribution >= 0.6 is 23.1 Å². The molecule has 0 saturated heterocycles. The predicted octanol–water partition coefficient (Wildman–Crippen LogP) is 3.22. The highest BCUT2D eigenvalue weighted by Crippen LogP contribution is 2.39. The van der Waals surface area contributed by atoms with Crippen molar-refractivity contribution in [2.75, 3.05) is 11.1 Å². The smallest absolute Gasteiger partial charge is 0.235 e.